The SMILES string of the molecule is COc1cc(NC(=O)C[C@@H](C)NC(=O)OCC2c3ccccc3-c3ccccc32)ccc1C(=O)O. The lowest BCUT2D eigenvalue weighted by atomic mass is 9.98. The minimum atomic E-state index is -1.12. The number of methoxy groups -OCH3 is 1. The summed E-state index contributed by atoms with van der Waals surface area (Å²) >= 11 is 0. The van der Waals surface area contributed by atoms with Crippen LogP contribution in [0.3, 0.4) is 0 Å². The lowest BCUT2D eigenvalue weighted by Crippen LogP contribution is -2.36. The van der Waals surface area contributed by atoms with E-state index in [-0.39, 0.29) is 36.2 Å². The van der Waals surface area contributed by atoms with Crippen molar-refractivity contribution in [3.05, 3.63) is 83.4 Å². The Labute approximate surface area is 202 Å². The highest BCUT2D eigenvalue weighted by atomic mass is 16.5. The number of carbonyl (C=O) groups excluding carboxylic acids is 2. The van der Waals surface area contributed by atoms with E-state index in [9.17, 15) is 14.4 Å². The molecule has 3 aromatic carbocycles. The number of amides is 2. The number of rotatable bonds is 8. The Kier molecular flexibility index (Phi) is 7.01. The molecule has 0 radical (unpaired) electrons. The summed E-state index contributed by atoms with van der Waals surface area (Å²) in [6.45, 7) is 1.89. The van der Waals surface area contributed by atoms with Gasteiger partial charge in [0, 0.05) is 30.1 Å². The first-order chi connectivity index (χ1) is 16.9. The van der Waals surface area contributed by atoms with Crippen molar-refractivity contribution in [1.29, 1.82) is 0 Å². The van der Waals surface area contributed by atoms with Gasteiger partial charge >= 0.3 is 12.1 Å². The van der Waals surface area contributed by atoms with Gasteiger partial charge in [-0.1, -0.05) is 48.5 Å². The minimum absolute atomic E-state index is 0.00390. The van der Waals surface area contributed by atoms with Crippen molar-refractivity contribution in [2.45, 2.75) is 25.3 Å². The number of alkyl carbamates (subject to hydrolysis) is 1. The molecule has 3 N–H and O–H groups in total. The van der Waals surface area contributed by atoms with E-state index in [2.05, 4.69) is 22.8 Å². The molecule has 0 saturated carbocycles. The van der Waals surface area contributed by atoms with E-state index in [0.717, 1.165) is 22.3 Å². The first-order valence-corrected chi connectivity index (χ1v) is 11.2. The lowest BCUT2D eigenvalue weighted by molar-refractivity contribution is -0.116. The second kappa shape index (κ2) is 10.3. The Morgan fingerprint density at radius 1 is 0.971 bits per heavy atom. The van der Waals surface area contributed by atoms with Gasteiger partial charge in [-0.15, -0.1) is 0 Å². The van der Waals surface area contributed by atoms with E-state index < -0.39 is 18.1 Å². The molecule has 0 bridgehead atoms. The number of nitrogens with one attached hydrogen (secondary N) is 2. The molecule has 1 aliphatic carbocycles. The zero-order chi connectivity index (χ0) is 24.9. The third-order valence-corrected chi connectivity index (χ3v) is 5.92. The van der Waals surface area contributed by atoms with E-state index >= 15 is 0 Å². The first kappa shape index (κ1) is 23.8. The van der Waals surface area contributed by atoms with Gasteiger partial charge in [0.2, 0.25) is 5.91 Å². The Morgan fingerprint density at radius 2 is 1.60 bits per heavy atom. The number of ether oxygens (including phenoxy) is 2. The fourth-order valence-corrected chi connectivity index (χ4v) is 4.33. The predicted octanol–water partition coefficient (Wildman–Crippen LogP) is 4.65. The summed E-state index contributed by atoms with van der Waals surface area (Å²) in [5.41, 5.74) is 4.93. The summed E-state index contributed by atoms with van der Waals surface area (Å²) in [6.07, 6.45) is -0.590. The van der Waals surface area contributed by atoms with Crippen LogP contribution in [-0.4, -0.2) is 42.8 Å². The molecule has 1 aliphatic rings. The van der Waals surface area contributed by atoms with Crippen molar-refractivity contribution < 1.29 is 29.0 Å². The topological polar surface area (TPSA) is 114 Å². The molecular weight excluding hydrogens is 448 g/mol. The highest BCUT2D eigenvalue weighted by molar-refractivity contribution is 5.95. The molecule has 0 unspecified atom stereocenters. The molecule has 4 rings (SSSR count). The van der Waals surface area contributed by atoms with E-state index in [1.807, 2.05) is 36.4 Å². The quantitative estimate of drug-likeness (QED) is 0.438. The summed E-state index contributed by atoms with van der Waals surface area (Å²) in [5, 5.41) is 14.5. The van der Waals surface area contributed by atoms with Gasteiger partial charge in [-0.05, 0) is 41.3 Å². The summed E-state index contributed by atoms with van der Waals surface area (Å²) in [7, 11) is 1.35. The van der Waals surface area contributed by atoms with Crippen molar-refractivity contribution in [2.24, 2.45) is 0 Å². The molecule has 3 aromatic rings. The molecule has 0 heterocycles. The molecule has 0 saturated heterocycles. The maximum Gasteiger partial charge on any atom is 0.407 e. The predicted molar refractivity (Wildman–Crippen MR) is 131 cm³/mol. The van der Waals surface area contributed by atoms with Crippen molar-refractivity contribution >= 4 is 23.7 Å². The zero-order valence-electron chi connectivity index (χ0n) is 19.4. The van der Waals surface area contributed by atoms with Crippen LogP contribution < -0.4 is 15.4 Å². The molecule has 2 amide bonds. The molecule has 180 valence electrons. The standard InChI is InChI=1S/C27H26N2O6/c1-16(13-25(30)29-17-11-12-22(26(31)32)24(14-17)34-2)28-27(33)35-15-23-20-9-5-3-7-18(20)19-8-4-6-10-21(19)23/h3-12,14,16,23H,13,15H2,1-2H3,(H,28,33)(H,29,30)(H,31,32)/t16-/m1/s1. The Bertz CT molecular complexity index is 1230. The molecule has 8 nitrogen and oxygen atoms in total. The average Bonchev–Trinajstić information content (AvgIpc) is 3.16. The molecule has 0 fully saturated rings. The van der Waals surface area contributed by atoms with Crippen LogP contribution in [-0.2, 0) is 9.53 Å². The van der Waals surface area contributed by atoms with E-state index in [0.29, 0.717) is 5.69 Å². The number of carbonyl (C=O) groups is 3. The molecular formula is C27H26N2O6. The Hall–Kier alpha value is -4.33. The van der Waals surface area contributed by atoms with Gasteiger partial charge in [0.25, 0.3) is 0 Å². The summed E-state index contributed by atoms with van der Waals surface area (Å²) in [4.78, 5) is 36.0. The number of hydrogen-bond acceptors (Lipinski definition) is 5. The van der Waals surface area contributed by atoms with Crippen LogP contribution in [0, 0.1) is 0 Å². The van der Waals surface area contributed by atoms with Crippen molar-refractivity contribution in [3.8, 4) is 16.9 Å². The largest absolute Gasteiger partial charge is 0.496 e. The van der Waals surface area contributed by atoms with E-state index in [1.54, 1.807) is 6.92 Å². The minimum Gasteiger partial charge on any atom is -0.496 e. The molecule has 1 atom stereocenters. The fraction of sp³-hybridized carbons (Fsp3) is 0.222. The Balaban J connectivity index is 1.30. The van der Waals surface area contributed by atoms with Gasteiger partial charge in [0.05, 0.1) is 7.11 Å². The van der Waals surface area contributed by atoms with Gasteiger partial charge in [-0.3, -0.25) is 4.79 Å². The second-order valence-electron chi connectivity index (χ2n) is 8.34. The molecule has 0 spiro atoms. The van der Waals surface area contributed by atoms with Crippen LogP contribution in [0.15, 0.2) is 66.7 Å². The van der Waals surface area contributed by atoms with Crippen LogP contribution in [0.2, 0.25) is 0 Å². The van der Waals surface area contributed by atoms with Crippen LogP contribution in [0.25, 0.3) is 11.1 Å². The lowest BCUT2D eigenvalue weighted by Gasteiger charge is -2.17. The van der Waals surface area contributed by atoms with Crippen molar-refractivity contribution in [3.63, 3.8) is 0 Å². The highest BCUT2D eigenvalue weighted by Gasteiger charge is 2.29. The van der Waals surface area contributed by atoms with Crippen LogP contribution >= 0.6 is 0 Å². The van der Waals surface area contributed by atoms with Crippen LogP contribution in [0.5, 0.6) is 5.75 Å². The second-order valence-corrected chi connectivity index (χ2v) is 8.34. The van der Waals surface area contributed by atoms with Crippen molar-refractivity contribution in [2.75, 3.05) is 19.0 Å². The van der Waals surface area contributed by atoms with Gasteiger partial charge in [-0.25, -0.2) is 9.59 Å². The maximum atomic E-state index is 12.4. The Morgan fingerprint density at radius 3 is 2.20 bits per heavy atom. The number of carboxylic acids is 1. The summed E-state index contributed by atoms with van der Waals surface area (Å²) in [5.74, 6) is -1.38. The van der Waals surface area contributed by atoms with Crippen LogP contribution in [0.1, 0.15) is 40.7 Å². The number of anilines is 1. The van der Waals surface area contributed by atoms with Gasteiger partial charge in [-0.2, -0.15) is 0 Å². The maximum absolute atomic E-state index is 12.4. The third-order valence-electron chi connectivity index (χ3n) is 5.92. The fourth-order valence-electron chi connectivity index (χ4n) is 4.33. The smallest absolute Gasteiger partial charge is 0.407 e. The average molecular weight is 475 g/mol. The number of benzene rings is 3. The first-order valence-electron chi connectivity index (χ1n) is 11.2. The molecule has 0 aromatic heterocycles. The number of hydrogen-bond donors (Lipinski definition) is 3. The summed E-state index contributed by atoms with van der Waals surface area (Å²) in [6, 6.07) is 20.0. The van der Waals surface area contributed by atoms with E-state index in [4.69, 9.17) is 14.6 Å². The van der Waals surface area contributed by atoms with Gasteiger partial charge in [0.15, 0.2) is 0 Å². The third kappa shape index (κ3) is 5.27. The van der Waals surface area contributed by atoms with E-state index in [1.165, 1.54) is 25.3 Å². The van der Waals surface area contributed by atoms with Gasteiger partial charge in [0.1, 0.15) is 17.9 Å². The molecule has 8 heteroatoms. The number of fused-ring (bicyclic) bond motifs is 3. The monoisotopic (exact) mass is 474 g/mol. The van der Waals surface area contributed by atoms with Crippen LogP contribution in [0.4, 0.5) is 10.5 Å². The van der Waals surface area contributed by atoms with Crippen molar-refractivity contribution in [1.82, 2.24) is 5.32 Å². The number of carboxylic acid groups (broad SMARTS) is 1. The highest BCUT2D eigenvalue weighted by Crippen LogP contribution is 2.44. The molecule has 0 aliphatic heterocycles. The zero-order valence-corrected chi connectivity index (χ0v) is 19.4. The normalized spacial score (nSPS) is 12.7. The summed E-state index contributed by atoms with van der Waals surface area (Å²) < 4.78 is 10.6. The molecule has 35 heavy (non-hydrogen) atoms. The number of aromatic carboxylic acids is 1. The van der Waals surface area contributed by atoms with Gasteiger partial charge < -0.3 is 25.2 Å².